The fraction of sp³-hybridized carbons (Fsp3) is 0.600. The molecule has 2 aliphatic rings. The standard InChI is InChI=1S/C20H24FN5O2/c1-11-9-16(28-25-11)13-3-4-14(13)17-23-18-15(19(27)24-17)10-22-26(18)12-5-7-20(2,21)8-6-12/h9-10,12-14H,3-8H2,1-2H3,(H,23,24,27). The maximum Gasteiger partial charge on any atom is 0.262 e. The van der Waals surface area contributed by atoms with Gasteiger partial charge >= 0.3 is 0 Å². The number of rotatable bonds is 3. The van der Waals surface area contributed by atoms with E-state index in [4.69, 9.17) is 9.51 Å². The number of aromatic nitrogens is 5. The van der Waals surface area contributed by atoms with E-state index in [9.17, 15) is 9.18 Å². The molecule has 0 bridgehead atoms. The zero-order valence-corrected chi connectivity index (χ0v) is 16.1. The van der Waals surface area contributed by atoms with Crippen molar-refractivity contribution in [2.75, 3.05) is 0 Å². The Balaban J connectivity index is 1.49. The third-order valence-corrected chi connectivity index (χ3v) is 6.46. The second-order valence-corrected chi connectivity index (χ2v) is 8.58. The van der Waals surface area contributed by atoms with E-state index in [1.165, 1.54) is 0 Å². The lowest BCUT2D eigenvalue weighted by Crippen LogP contribution is -2.29. The first kappa shape index (κ1) is 17.6. The Labute approximate surface area is 161 Å². The Morgan fingerprint density at radius 3 is 2.64 bits per heavy atom. The van der Waals surface area contributed by atoms with Crippen LogP contribution in [0.3, 0.4) is 0 Å². The van der Waals surface area contributed by atoms with E-state index in [0.717, 1.165) is 24.3 Å². The van der Waals surface area contributed by atoms with Gasteiger partial charge in [0.25, 0.3) is 5.56 Å². The van der Waals surface area contributed by atoms with Crippen molar-refractivity contribution in [2.24, 2.45) is 0 Å². The highest BCUT2D eigenvalue weighted by Crippen LogP contribution is 2.48. The average Bonchev–Trinajstić information content (AvgIpc) is 3.21. The van der Waals surface area contributed by atoms with Crippen molar-refractivity contribution in [1.29, 1.82) is 0 Å². The molecule has 0 aliphatic heterocycles. The molecule has 3 aromatic heterocycles. The molecule has 0 amide bonds. The summed E-state index contributed by atoms with van der Waals surface area (Å²) in [6.45, 7) is 3.56. The molecule has 7 nitrogen and oxygen atoms in total. The van der Waals surface area contributed by atoms with Crippen LogP contribution in [0, 0.1) is 6.92 Å². The summed E-state index contributed by atoms with van der Waals surface area (Å²) in [5, 5.41) is 8.91. The van der Waals surface area contributed by atoms with Crippen LogP contribution < -0.4 is 5.56 Å². The molecular weight excluding hydrogens is 361 g/mol. The number of fused-ring (bicyclic) bond motifs is 1. The number of aryl methyl sites for hydroxylation is 1. The summed E-state index contributed by atoms with van der Waals surface area (Å²) in [6.07, 6.45) is 5.92. The summed E-state index contributed by atoms with van der Waals surface area (Å²) >= 11 is 0. The molecular formula is C20H24FN5O2. The summed E-state index contributed by atoms with van der Waals surface area (Å²) in [7, 11) is 0. The van der Waals surface area contributed by atoms with Gasteiger partial charge in [-0.2, -0.15) is 5.10 Å². The van der Waals surface area contributed by atoms with Gasteiger partial charge in [0.2, 0.25) is 0 Å². The maximum absolute atomic E-state index is 14.2. The van der Waals surface area contributed by atoms with Crippen LogP contribution in [0.4, 0.5) is 4.39 Å². The van der Waals surface area contributed by atoms with E-state index < -0.39 is 5.67 Å². The molecule has 1 N–H and O–H groups in total. The van der Waals surface area contributed by atoms with E-state index in [-0.39, 0.29) is 23.4 Å². The third-order valence-electron chi connectivity index (χ3n) is 6.46. The van der Waals surface area contributed by atoms with Gasteiger partial charge in [0.15, 0.2) is 5.65 Å². The number of hydrogen-bond acceptors (Lipinski definition) is 5. The highest BCUT2D eigenvalue weighted by molar-refractivity contribution is 5.73. The molecule has 3 aromatic rings. The van der Waals surface area contributed by atoms with Crippen molar-refractivity contribution < 1.29 is 8.91 Å². The molecule has 2 atom stereocenters. The fourth-order valence-electron chi connectivity index (χ4n) is 4.57. The zero-order valence-electron chi connectivity index (χ0n) is 16.1. The van der Waals surface area contributed by atoms with E-state index in [1.54, 1.807) is 13.1 Å². The van der Waals surface area contributed by atoms with E-state index >= 15 is 0 Å². The van der Waals surface area contributed by atoms with Crippen LogP contribution in [-0.2, 0) is 0 Å². The van der Waals surface area contributed by atoms with Crippen molar-refractivity contribution >= 4 is 11.0 Å². The normalized spacial score (nSPS) is 30.5. The molecule has 0 radical (unpaired) electrons. The van der Waals surface area contributed by atoms with Crippen molar-refractivity contribution in [1.82, 2.24) is 24.9 Å². The van der Waals surface area contributed by atoms with Gasteiger partial charge in [0.05, 0.1) is 17.9 Å². The molecule has 148 valence electrons. The molecule has 8 heteroatoms. The van der Waals surface area contributed by atoms with Crippen molar-refractivity contribution in [3.05, 3.63) is 39.9 Å². The highest BCUT2D eigenvalue weighted by atomic mass is 19.1. The molecule has 0 aromatic carbocycles. The maximum atomic E-state index is 14.2. The predicted molar refractivity (Wildman–Crippen MR) is 101 cm³/mol. The Morgan fingerprint density at radius 2 is 2.00 bits per heavy atom. The number of nitrogens with one attached hydrogen (secondary N) is 1. The van der Waals surface area contributed by atoms with Gasteiger partial charge < -0.3 is 9.51 Å². The Hall–Kier alpha value is -2.51. The number of H-pyrrole nitrogens is 1. The lowest BCUT2D eigenvalue weighted by Gasteiger charge is -2.34. The number of nitrogens with zero attached hydrogens (tertiary/aromatic N) is 4. The van der Waals surface area contributed by atoms with E-state index in [2.05, 4.69) is 15.2 Å². The molecule has 2 aliphatic carbocycles. The predicted octanol–water partition coefficient (Wildman–Crippen LogP) is 3.92. The molecule has 5 rings (SSSR count). The second kappa shape index (κ2) is 6.25. The number of hydrogen-bond donors (Lipinski definition) is 1. The van der Waals surface area contributed by atoms with Gasteiger partial charge in [-0.25, -0.2) is 14.1 Å². The summed E-state index contributed by atoms with van der Waals surface area (Å²) in [5.41, 5.74) is 0.180. The van der Waals surface area contributed by atoms with Crippen molar-refractivity contribution in [3.63, 3.8) is 0 Å². The first-order valence-electron chi connectivity index (χ1n) is 10.0. The first-order chi connectivity index (χ1) is 13.4. The molecule has 2 fully saturated rings. The number of aromatic amines is 1. The van der Waals surface area contributed by atoms with Crippen LogP contribution in [0.25, 0.3) is 11.0 Å². The second-order valence-electron chi connectivity index (χ2n) is 8.58. The fourth-order valence-corrected chi connectivity index (χ4v) is 4.57. The van der Waals surface area contributed by atoms with E-state index in [0.29, 0.717) is 42.5 Å². The molecule has 2 unspecified atom stereocenters. The summed E-state index contributed by atoms with van der Waals surface area (Å²) in [6, 6.07) is 2.03. The lowest BCUT2D eigenvalue weighted by molar-refractivity contribution is 0.103. The average molecular weight is 385 g/mol. The van der Waals surface area contributed by atoms with Gasteiger partial charge in [-0.05, 0) is 52.4 Å². The summed E-state index contributed by atoms with van der Waals surface area (Å²) in [5.74, 6) is 1.81. The smallest absolute Gasteiger partial charge is 0.262 e. The minimum absolute atomic E-state index is 0.0811. The Kier molecular flexibility index (Phi) is 3.93. The highest BCUT2D eigenvalue weighted by Gasteiger charge is 2.38. The van der Waals surface area contributed by atoms with Crippen LogP contribution in [0.1, 0.15) is 80.6 Å². The van der Waals surface area contributed by atoms with Crippen LogP contribution >= 0.6 is 0 Å². The van der Waals surface area contributed by atoms with Gasteiger partial charge in [-0.1, -0.05) is 5.16 Å². The Morgan fingerprint density at radius 1 is 1.25 bits per heavy atom. The first-order valence-corrected chi connectivity index (χ1v) is 10.0. The van der Waals surface area contributed by atoms with Crippen molar-refractivity contribution in [2.45, 2.75) is 75.9 Å². The van der Waals surface area contributed by atoms with Crippen LogP contribution in [0.2, 0.25) is 0 Å². The largest absolute Gasteiger partial charge is 0.361 e. The van der Waals surface area contributed by atoms with Gasteiger partial charge in [0.1, 0.15) is 22.6 Å². The monoisotopic (exact) mass is 385 g/mol. The van der Waals surface area contributed by atoms with Gasteiger partial charge in [0, 0.05) is 17.9 Å². The molecule has 3 heterocycles. The molecule has 28 heavy (non-hydrogen) atoms. The SMILES string of the molecule is Cc1cc(C2CCC2c2nc3c(cnn3C3CCC(C)(F)CC3)c(=O)[nH]2)on1. The quantitative estimate of drug-likeness (QED) is 0.738. The molecule has 0 saturated heterocycles. The van der Waals surface area contributed by atoms with Crippen molar-refractivity contribution in [3.8, 4) is 0 Å². The third kappa shape index (κ3) is 2.86. The van der Waals surface area contributed by atoms with Crippen LogP contribution in [-0.4, -0.2) is 30.6 Å². The lowest BCUT2D eigenvalue weighted by atomic mass is 9.71. The molecule has 2 saturated carbocycles. The van der Waals surface area contributed by atoms with E-state index in [1.807, 2.05) is 17.7 Å². The van der Waals surface area contributed by atoms with Crippen LogP contribution in [0.5, 0.6) is 0 Å². The number of halogens is 1. The number of alkyl halides is 1. The zero-order chi connectivity index (χ0) is 19.5. The minimum atomic E-state index is -1.11. The molecule has 0 spiro atoms. The Bertz CT molecular complexity index is 1070. The minimum Gasteiger partial charge on any atom is -0.361 e. The van der Waals surface area contributed by atoms with Crippen LogP contribution in [0.15, 0.2) is 21.6 Å². The summed E-state index contributed by atoms with van der Waals surface area (Å²) in [4.78, 5) is 20.4. The van der Waals surface area contributed by atoms with Gasteiger partial charge in [-0.15, -0.1) is 0 Å². The van der Waals surface area contributed by atoms with Gasteiger partial charge in [-0.3, -0.25) is 4.79 Å². The summed E-state index contributed by atoms with van der Waals surface area (Å²) < 4.78 is 21.4. The topological polar surface area (TPSA) is 89.6 Å².